The lowest BCUT2D eigenvalue weighted by Crippen LogP contribution is -2.22. The van der Waals surface area contributed by atoms with Crippen LogP contribution in [0.25, 0.3) is 0 Å². The third-order valence-corrected chi connectivity index (χ3v) is 5.35. The molecule has 2 rings (SSSR count). The smallest absolute Gasteiger partial charge is 0.0761 e. The van der Waals surface area contributed by atoms with Gasteiger partial charge in [-0.1, -0.05) is 36.7 Å². The first-order valence-electron chi connectivity index (χ1n) is 5.56. The van der Waals surface area contributed by atoms with Crippen molar-refractivity contribution in [2.24, 2.45) is 0 Å². The van der Waals surface area contributed by atoms with Crippen molar-refractivity contribution in [1.82, 2.24) is 5.32 Å². The highest BCUT2D eigenvalue weighted by Gasteiger charge is 2.20. The lowest BCUT2D eigenvalue weighted by molar-refractivity contribution is 0.631. The minimum atomic E-state index is 0.112. The Bertz CT molecular complexity index is 542. The SMILES string of the molecule is CCNC(c1ccccc1Cl)c1cc(Br)sc1Br. The van der Waals surface area contributed by atoms with Gasteiger partial charge in [-0.3, -0.25) is 0 Å². The van der Waals surface area contributed by atoms with Crippen LogP contribution >= 0.6 is 54.8 Å². The molecule has 0 bridgehead atoms. The summed E-state index contributed by atoms with van der Waals surface area (Å²) in [5, 5.41) is 4.27. The normalized spacial score (nSPS) is 12.7. The van der Waals surface area contributed by atoms with Gasteiger partial charge in [0.25, 0.3) is 0 Å². The van der Waals surface area contributed by atoms with Gasteiger partial charge in [-0.2, -0.15) is 0 Å². The van der Waals surface area contributed by atoms with Crippen LogP contribution < -0.4 is 5.32 Å². The van der Waals surface area contributed by atoms with E-state index < -0.39 is 0 Å². The monoisotopic (exact) mass is 407 g/mol. The van der Waals surface area contributed by atoms with Gasteiger partial charge in [0.1, 0.15) is 0 Å². The lowest BCUT2D eigenvalue weighted by Gasteiger charge is -2.19. The van der Waals surface area contributed by atoms with Crippen molar-refractivity contribution in [1.29, 1.82) is 0 Å². The number of halogens is 3. The Morgan fingerprint density at radius 3 is 2.56 bits per heavy atom. The molecular formula is C13H12Br2ClNS. The number of thiophene rings is 1. The van der Waals surface area contributed by atoms with E-state index in [1.165, 1.54) is 5.56 Å². The van der Waals surface area contributed by atoms with Crippen LogP contribution in [-0.4, -0.2) is 6.54 Å². The Labute approximate surface area is 133 Å². The minimum Gasteiger partial charge on any atom is -0.306 e. The molecule has 1 aromatic heterocycles. The summed E-state index contributed by atoms with van der Waals surface area (Å²) in [6.45, 7) is 2.98. The summed E-state index contributed by atoms with van der Waals surface area (Å²) >= 11 is 15.1. The summed E-state index contributed by atoms with van der Waals surface area (Å²) in [5.74, 6) is 0. The average molecular weight is 410 g/mol. The van der Waals surface area contributed by atoms with E-state index in [0.717, 1.165) is 24.7 Å². The van der Waals surface area contributed by atoms with Crippen LogP contribution in [0.15, 0.2) is 37.9 Å². The molecule has 0 aliphatic rings. The fourth-order valence-corrected chi connectivity index (χ4v) is 5.00. The average Bonchev–Trinajstić information content (AvgIpc) is 2.66. The van der Waals surface area contributed by atoms with Gasteiger partial charge in [-0.15, -0.1) is 11.3 Å². The van der Waals surface area contributed by atoms with Gasteiger partial charge in [-0.05, 0) is 61.7 Å². The number of hydrogen-bond acceptors (Lipinski definition) is 2. The van der Waals surface area contributed by atoms with Gasteiger partial charge < -0.3 is 5.32 Å². The molecule has 0 spiro atoms. The number of rotatable bonds is 4. The van der Waals surface area contributed by atoms with E-state index in [9.17, 15) is 0 Å². The fraction of sp³-hybridized carbons (Fsp3) is 0.231. The molecule has 0 fully saturated rings. The highest BCUT2D eigenvalue weighted by molar-refractivity contribution is 9.12. The Hall–Kier alpha value is 0.130. The van der Waals surface area contributed by atoms with Crippen LogP contribution in [0.2, 0.25) is 5.02 Å². The molecule has 18 heavy (non-hydrogen) atoms. The second kappa shape index (κ2) is 6.53. The maximum absolute atomic E-state index is 6.30. The first-order valence-corrected chi connectivity index (χ1v) is 8.34. The van der Waals surface area contributed by atoms with Crippen LogP contribution in [0.4, 0.5) is 0 Å². The second-order valence-electron chi connectivity index (χ2n) is 3.79. The molecule has 1 atom stereocenters. The summed E-state index contributed by atoms with van der Waals surface area (Å²) < 4.78 is 2.24. The van der Waals surface area contributed by atoms with Gasteiger partial charge in [0.05, 0.1) is 13.6 Å². The number of hydrogen-bond donors (Lipinski definition) is 1. The first-order chi connectivity index (χ1) is 8.63. The van der Waals surface area contributed by atoms with Crippen LogP contribution in [0.5, 0.6) is 0 Å². The van der Waals surface area contributed by atoms with E-state index in [0.29, 0.717) is 0 Å². The molecule has 1 unspecified atom stereocenters. The summed E-state index contributed by atoms with van der Waals surface area (Å²) in [7, 11) is 0. The second-order valence-corrected chi connectivity index (χ2v) is 7.95. The number of benzene rings is 1. The number of nitrogens with one attached hydrogen (secondary N) is 1. The Morgan fingerprint density at radius 2 is 2.00 bits per heavy atom. The zero-order chi connectivity index (χ0) is 13.1. The van der Waals surface area contributed by atoms with Crippen molar-refractivity contribution in [3.63, 3.8) is 0 Å². The van der Waals surface area contributed by atoms with Crippen molar-refractivity contribution in [3.05, 3.63) is 54.1 Å². The summed E-state index contributed by atoms with van der Waals surface area (Å²) in [4.78, 5) is 0. The molecule has 2 aromatic rings. The molecule has 5 heteroatoms. The van der Waals surface area contributed by atoms with Crippen LogP contribution in [0.1, 0.15) is 24.1 Å². The van der Waals surface area contributed by atoms with E-state index >= 15 is 0 Å². The maximum Gasteiger partial charge on any atom is 0.0761 e. The predicted molar refractivity (Wildman–Crippen MR) is 86.7 cm³/mol. The molecule has 0 aliphatic carbocycles. The zero-order valence-corrected chi connectivity index (χ0v) is 14.5. The first kappa shape index (κ1) is 14.5. The highest BCUT2D eigenvalue weighted by atomic mass is 79.9. The molecule has 1 nitrogen and oxygen atoms in total. The molecule has 0 aliphatic heterocycles. The molecule has 1 N–H and O–H groups in total. The van der Waals surface area contributed by atoms with Crippen molar-refractivity contribution >= 4 is 54.8 Å². The van der Waals surface area contributed by atoms with Crippen LogP contribution in [0, 0.1) is 0 Å². The third-order valence-electron chi connectivity index (χ3n) is 2.62. The molecule has 0 radical (unpaired) electrons. The quantitative estimate of drug-likeness (QED) is 0.690. The maximum atomic E-state index is 6.30. The van der Waals surface area contributed by atoms with E-state index in [1.54, 1.807) is 11.3 Å². The minimum absolute atomic E-state index is 0.112. The Kier molecular flexibility index (Phi) is 5.27. The van der Waals surface area contributed by atoms with Crippen LogP contribution in [-0.2, 0) is 0 Å². The Morgan fingerprint density at radius 1 is 1.28 bits per heavy atom. The van der Waals surface area contributed by atoms with E-state index in [2.05, 4.69) is 56.2 Å². The van der Waals surface area contributed by atoms with Gasteiger partial charge in [-0.25, -0.2) is 0 Å². The molecule has 96 valence electrons. The molecule has 1 heterocycles. The van der Waals surface area contributed by atoms with Gasteiger partial charge >= 0.3 is 0 Å². The zero-order valence-electron chi connectivity index (χ0n) is 9.71. The molecule has 0 saturated carbocycles. The lowest BCUT2D eigenvalue weighted by atomic mass is 10.0. The molecular weight excluding hydrogens is 397 g/mol. The standard InChI is InChI=1S/C13H12Br2ClNS/c1-2-17-12(8-5-3-4-6-10(8)16)9-7-11(14)18-13(9)15/h3-7,12,17H,2H2,1H3. The summed E-state index contributed by atoms with van der Waals surface area (Å²) in [6.07, 6.45) is 0. The van der Waals surface area contributed by atoms with Gasteiger partial charge in [0.15, 0.2) is 0 Å². The van der Waals surface area contributed by atoms with Crippen LogP contribution in [0.3, 0.4) is 0 Å². The summed E-state index contributed by atoms with van der Waals surface area (Å²) in [5.41, 5.74) is 2.31. The highest BCUT2D eigenvalue weighted by Crippen LogP contribution is 2.39. The van der Waals surface area contributed by atoms with E-state index in [1.807, 2.05) is 18.2 Å². The van der Waals surface area contributed by atoms with E-state index in [-0.39, 0.29) is 6.04 Å². The van der Waals surface area contributed by atoms with Crippen molar-refractivity contribution < 1.29 is 0 Å². The summed E-state index contributed by atoms with van der Waals surface area (Å²) in [6, 6.07) is 10.2. The van der Waals surface area contributed by atoms with Crippen molar-refractivity contribution in [2.75, 3.05) is 6.54 Å². The van der Waals surface area contributed by atoms with Crippen molar-refractivity contribution in [3.8, 4) is 0 Å². The van der Waals surface area contributed by atoms with E-state index in [4.69, 9.17) is 11.6 Å². The fourth-order valence-electron chi connectivity index (χ4n) is 1.85. The van der Waals surface area contributed by atoms with Crippen molar-refractivity contribution in [2.45, 2.75) is 13.0 Å². The topological polar surface area (TPSA) is 12.0 Å². The molecule has 0 saturated heterocycles. The largest absolute Gasteiger partial charge is 0.306 e. The Balaban J connectivity index is 2.46. The predicted octanol–water partition coefficient (Wildman–Crippen LogP) is 5.63. The van der Waals surface area contributed by atoms with Gasteiger partial charge in [0, 0.05) is 5.02 Å². The third kappa shape index (κ3) is 3.17. The molecule has 0 amide bonds. The molecule has 1 aromatic carbocycles. The van der Waals surface area contributed by atoms with Gasteiger partial charge in [0.2, 0.25) is 0 Å².